The number of ether oxygens (including phenoxy) is 1. The van der Waals surface area contributed by atoms with E-state index >= 15 is 0 Å². The summed E-state index contributed by atoms with van der Waals surface area (Å²) < 4.78 is 32.5. The summed E-state index contributed by atoms with van der Waals surface area (Å²) in [6.45, 7) is 4.21. The quantitative estimate of drug-likeness (QED) is 0.869. The van der Waals surface area contributed by atoms with Crippen molar-refractivity contribution in [3.05, 3.63) is 28.2 Å². The molecule has 0 radical (unpaired) electrons. The zero-order chi connectivity index (χ0) is 15.8. The standard InChI is InChI=1S/C13H16BrNO5S/c1-8-7-20-9(2)6-15(8)21(18,19)12-4-3-10(13(16)17)5-11(12)14/h3-5,8-9H,6-7H2,1-2H3,(H,16,17). The molecule has 2 rings (SSSR count). The van der Waals surface area contributed by atoms with Gasteiger partial charge in [-0.15, -0.1) is 0 Å². The number of morpholine rings is 1. The number of rotatable bonds is 3. The van der Waals surface area contributed by atoms with Crippen LogP contribution >= 0.6 is 15.9 Å². The third-order valence-corrected chi connectivity index (χ3v) is 6.27. The van der Waals surface area contributed by atoms with E-state index in [9.17, 15) is 13.2 Å². The molecule has 1 heterocycles. The largest absolute Gasteiger partial charge is 0.478 e. The van der Waals surface area contributed by atoms with Gasteiger partial charge in [-0.3, -0.25) is 0 Å². The average molecular weight is 378 g/mol. The molecule has 0 aromatic heterocycles. The van der Waals surface area contributed by atoms with Crippen molar-refractivity contribution in [1.82, 2.24) is 4.31 Å². The van der Waals surface area contributed by atoms with Crippen LogP contribution in [-0.2, 0) is 14.8 Å². The number of carbonyl (C=O) groups is 1. The average Bonchev–Trinajstić information content (AvgIpc) is 2.40. The summed E-state index contributed by atoms with van der Waals surface area (Å²) in [6.07, 6.45) is -0.173. The summed E-state index contributed by atoms with van der Waals surface area (Å²) in [5.41, 5.74) is 0.0317. The molecule has 6 nitrogen and oxygen atoms in total. The number of carboxylic acid groups (broad SMARTS) is 1. The van der Waals surface area contributed by atoms with Crippen molar-refractivity contribution in [1.29, 1.82) is 0 Å². The van der Waals surface area contributed by atoms with Crippen molar-refractivity contribution >= 4 is 31.9 Å². The number of benzene rings is 1. The predicted molar refractivity (Wildman–Crippen MR) is 79.9 cm³/mol. The molecule has 0 bridgehead atoms. The number of halogens is 1. The maximum absolute atomic E-state index is 12.7. The predicted octanol–water partition coefficient (Wildman–Crippen LogP) is 1.95. The van der Waals surface area contributed by atoms with Crippen molar-refractivity contribution in [2.45, 2.75) is 30.9 Å². The highest BCUT2D eigenvalue weighted by molar-refractivity contribution is 9.10. The lowest BCUT2D eigenvalue weighted by molar-refractivity contribution is -0.0170. The molecule has 1 N–H and O–H groups in total. The zero-order valence-electron chi connectivity index (χ0n) is 11.6. The van der Waals surface area contributed by atoms with Crippen LogP contribution in [0, 0.1) is 0 Å². The number of hydrogen-bond acceptors (Lipinski definition) is 4. The van der Waals surface area contributed by atoms with Gasteiger partial charge in [-0.25, -0.2) is 13.2 Å². The lowest BCUT2D eigenvalue weighted by Crippen LogP contribution is -2.50. The van der Waals surface area contributed by atoms with Crippen LogP contribution in [0.1, 0.15) is 24.2 Å². The van der Waals surface area contributed by atoms with E-state index in [4.69, 9.17) is 9.84 Å². The van der Waals surface area contributed by atoms with Crippen molar-refractivity contribution in [2.75, 3.05) is 13.2 Å². The Morgan fingerprint density at radius 2 is 2.10 bits per heavy atom. The minimum absolute atomic E-state index is 0.0317. The Balaban J connectivity index is 2.41. The van der Waals surface area contributed by atoms with Crippen molar-refractivity contribution in [3.8, 4) is 0 Å². The Labute approximate surface area is 131 Å². The van der Waals surface area contributed by atoms with Crippen LogP contribution in [-0.4, -0.2) is 49.1 Å². The topological polar surface area (TPSA) is 83.9 Å². The first-order valence-corrected chi connectivity index (χ1v) is 8.63. The van der Waals surface area contributed by atoms with Gasteiger partial charge in [0.1, 0.15) is 0 Å². The molecule has 1 fully saturated rings. The molecule has 116 valence electrons. The normalized spacial score (nSPS) is 24.0. The lowest BCUT2D eigenvalue weighted by Gasteiger charge is -2.35. The Hall–Kier alpha value is -0.960. The molecular weight excluding hydrogens is 362 g/mol. The molecule has 1 aliphatic heterocycles. The molecule has 1 aromatic carbocycles. The summed E-state index contributed by atoms with van der Waals surface area (Å²) in [7, 11) is -3.70. The van der Waals surface area contributed by atoms with Gasteiger partial charge < -0.3 is 9.84 Å². The number of aromatic carboxylic acids is 1. The maximum Gasteiger partial charge on any atom is 0.335 e. The van der Waals surface area contributed by atoms with Gasteiger partial charge in [-0.05, 0) is 48.0 Å². The highest BCUT2D eigenvalue weighted by Crippen LogP contribution is 2.29. The van der Waals surface area contributed by atoms with Crippen LogP contribution < -0.4 is 0 Å². The van der Waals surface area contributed by atoms with E-state index in [1.807, 2.05) is 6.92 Å². The van der Waals surface area contributed by atoms with Gasteiger partial charge in [0.2, 0.25) is 10.0 Å². The molecular formula is C13H16BrNO5S. The van der Waals surface area contributed by atoms with E-state index in [1.54, 1.807) is 6.92 Å². The van der Waals surface area contributed by atoms with E-state index in [0.29, 0.717) is 6.61 Å². The third kappa shape index (κ3) is 3.28. The van der Waals surface area contributed by atoms with Crippen molar-refractivity contribution in [3.63, 3.8) is 0 Å². The second-order valence-electron chi connectivity index (χ2n) is 5.02. The number of carboxylic acids is 1. The van der Waals surface area contributed by atoms with Gasteiger partial charge in [0.25, 0.3) is 0 Å². The van der Waals surface area contributed by atoms with Gasteiger partial charge in [-0.1, -0.05) is 0 Å². The molecule has 2 unspecified atom stereocenters. The van der Waals surface area contributed by atoms with Crippen LogP contribution in [0.15, 0.2) is 27.6 Å². The molecule has 0 amide bonds. The number of nitrogens with zero attached hydrogens (tertiary/aromatic N) is 1. The fourth-order valence-corrected chi connectivity index (χ4v) is 4.91. The van der Waals surface area contributed by atoms with Crippen LogP contribution in [0.25, 0.3) is 0 Å². The van der Waals surface area contributed by atoms with Crippen LogP contribution in [0.5, 0.6) is 0 Å². The van der Waals surface area contributed by atoms with Gasteiger partial charge in [0, 0.05) is 17.1 Å². The minimum Gasteiger partial charge on any atom is -0.478 e. The second kappa shape index (κ2) is 6.04. The first kappa shape index (κ1) is 16.4. The van der Waals surface area contributed by atoms with Crippen molar-refractivity contribution in [2.24, 2.45) is 0 Å². The highest BCUT2D eigenvalue weighted by atomic mass is 79.9. The molecule has 0 saturated carbocycles. The Morgan fingerprint density at radius 3 is 2.67 bits per heavy atom. The third-order valence-electron chi connectivity index (χ3n) is 3.32. The van der Waals surface area contributed by atoms with E-state index in [0.717, 1.165) is 0 Å². The molecule has 1 aliphatic rings. The molecule has 2 atom stereocenters. The summed E-state index contributed by atoms with van der Waals surface area (Å²) in [5.74, 6) is -1.10. The summed E-state index contributed by atoms with van der Waals surface area (Å²) in [4.78, 5) is 11.0. The summed E-state index contributed by atoms with van der Waals surface area (Å²) in [5, 5.41) is 8.93. The maximum atomic E-state index is 12.7. The summed E-state index contributed by atoms with van der Waals surface area (Å²) >= 11 is 3.15. The van der Waals surface area contributed by atoms with Gasteiger partial charge >= 0.3 is 5.97 Å². The monoisotopic (exact) mass is 377 g/mol. The van der Waals surface area contributed by atoms with Gasteiger partial charge in [-0.2, -0.15) is 4.31 Å². The fraction of sp³-hybridized carbons (Fsp3) is 0.462. The lowest BCUT2D eigenvalue weighted by atomic mass is 10.2. The fourth-order valence-electron chi connectivity index (χ4n) is 2.18. The Bertz CT molecular complexity index is 661. The smallest absolute Gasteiger partial charge is 0.335 e. The van der Waals surface area contributed by atoms with E-state index in [-0.39, 0.29) is 33.6 Å². The van der Waals surface area contributed by atoms with E-state index in [2.05, 4.69) is 15.9 Å². The Morgan fingerprint density at radius 1 is 1.43 bits per heavy atom. The molecule has 0 spiro atoms. The summed E-state index contributed by atoms with van der Waals surface area (Å²) in [6, 6.07) is 3.63. The van der Waals surface area contributed by atoms with Crippen molar-refractivity contribution < 1.29 is 23.1 Å². The SMILES string of the molecule is CC1CN(S(=O)(=O)c2ccc(C(=O)O)cc2Br)C(C)CO1. The molecule has 0 aliphatic carbocycles. The number of hydrogen-bond donors (Lipinski definition) is 1. The minimum atomic E-state index is -3.70. The van der Waals surface area contributed by atoms with Crippen LogP contribution in [0.4, 0.5) is 0 Å². The molecule has 1 saturated heterocycles. The van der Waals surface area contributed by atoms with Gasteiger partial charge in [0.15, 0.2) is 0 Å². The van der Waals surface area contributed by atoms with E-state index in [1.165, 1.54) is 22.5 Å². The first-order valence-electron chi connectivity index (χ1n) is 6.39. The first-order chi connectivity index (χ1) is 9.73. The molecule has 1 aromatic rings. The second-order valence-corrected chi connectivity index (χ2v) is 7.73. The van der Waals surface area contributed by atoms with Crippen LogP contribution in [0.3, 0.4) is 0 Å². The molecule has 8 heteroatoms. The van der Waals surface area contributed by atoms with Crippen LogP contribution in [0.2, 0.25) is 0 Å². The highest BCUT2D eigenvalue weighted by Gasteiger charge is 2.35. The molecule has 21 heavy (non-hydrogen) atoms. The van der Waals surface area contributed by atoms with E-state index < -0.39 is 16.0 Å². The van der Waals surface area contributed by atoms with Gasteiger partial charge in [0.05, 0.1) is 23.2 Å². The number of sulfonamides is 1. The Kier molecular flexibility index (Phi) is 4.72. The zero-order valence-corrected chi connectivity index (χ0v) is 14.0.